The smallest absolute Gasteiger partial charge is 0.234 e. The van der Waals surface area contributed by atoms with Crippen molar-refractivity contribution in [2.45, 2.75) is 24.0 Å². The molecule has 6 heteroatoms. The second kappa shape index (κ2) is 6.02. The van der Waals surface area contributed by atoms with Crippen LogP contribution in [0.3, 0.4) is 0 Å². The van der Waals surface area contributed by atoms with Crippen LogP contribution in [-0.4, -0.2) is 21.2 Å². The topological polar surface area (TPSA) is 70.7 Å². The summed E-state index contributed by atoms with van der Waals surface area (Å²) < 4.78 is 2.14. The number of nitrogens with one attached hydrogen (secondary N) is 1. The van der Waals surface area contributed by atoms with E-state index in [-0.39, 0.29) is 5.91 Å². The lowest BCUT2D eigenvalue weighted by Crippen LogP contribution is -2.14. The molecule has 0 spiro atoms. The van der Waals surface area contributed by atoms with E-state index in [0.29, 0.717) is 23.0 Å². The van der Waals surface area contributed by atoms with Gasteiger partial charge in [-0.1, -0.05) is 11.8 Å². The summed E-state index contributed by atoms with van der Waals surface area (Å²) >= 11 is 1.44. The number of hydrogen-bond donors (Lipinski definition) is 1. The van der Waals surface area contributed by atoms with Crippen molar-refractivity contribution in [2.24, 2.45) is 0 Å². The Bertz CT molecular complexity index is 682. The van der Waals surface area contributed by atoms with E-state index in [1.165, 1.54) is 24.6 Å². The van der Waals surface area contributed by atoms with Gasteiger partial charge in [0.25, 0.3) is 0 Å². The van der Waals surface area contributed by atoms with Crippen molar-refractivity contribution in [1.82, 2.24) is 9.55 Å². The molecule has 3 rings (SSSR count). The third-order valence-electron chi connectivity index (χ3n) is 3.20. The SMILES string of the molecule is N#Cc1ccc(NC(=O)CSc2nccn2C2CC2)cc1. The van der Waals surface area contributed by atoms with Crippen molar-refractivity contribution in [3.63, 3.8) is 0 Å². The number of benzene rings is 1. The highest BCUT2D eigenvalue weighted by Crippen LogP contribution is 2.37. The van der Waals surface area contributed by atoms with E-state index in [1.54, 1.807) is 30.5 Å². The number of nitriles is 1. The number of thioether (sulfide) groups is 1. The molecule has 1 aromatic heterocycles. The first-order valence-electron chi connectivity index (χ1n) is 6.72. The van der Waals surface area contributed by atoms with E-state index >= 15 is 0 Å². The van der Waals surface area contributed by atoms with Crippen molar-refractivity contribution < 1.29 is 4.79 Å². The molecule has 1 aliphatic rings. The number of carbonyl (C=O) groups is 1. The second-order valence-corrected chi connectivity index (χ2v) is 5.82. The summed E-state index contributed by atoms with van der Waals surface area (Å²) in [6.07, 6.45) is 6.14. The van der Waals surface area contributed by atoms with Gasteiger partial charge in [-0.05, 0) is 37.1 Å². The zero-order chi connectivity index (χ0) is 14.7. The molecule has 1 saturated carbocycles. The molecule has 1 heterocycles. The van der Waals surface area contributed by atoms with E-state index in [9.17, 15) is 4.79 Å². The first-order valence-corrected chi connectivity index (χ1v) is 7.70. The van der Waals surface area contributed by atoms with Crippen LogP contribution in [0.25, 0.3) is 0 Å². The summed E-state index contributed by atoms with van der Waals surface area (Å²) in [5.74, 6) is 0.249. The zero-order valence-electron chi connectivity index (χ0n) is 11.3. The summed E-state index contributed by atoms with van der Waals surface area (Å²) in [6.45, 7) is 0. The molecule has 0 unspecified atom stereocenters. The van der Waals surface area contributed by atoms with Gasteiger partial charge in [-0.2, -0.15) is 5.26 Å². The summed E-state index contributed by atoms with van der Waals surface area (Å²) in [7, 11) is 0. The minimum Gasteiger partial charge on any atom is -0.325 e. The van der Waals surface area contributed by atoms with E-state index in [1.807, 2.05) is 12.3 Å². The Labute approximate surface area is 127 Å². The molecule has 1 aliphatic carbocycles. The normalized spacial score (nSPS) is 13.7. The van der Waals surface area contributed by atoms with Crippen LogP contribution in [0.1, 0.15) is 24.4 Å². The fourth-order valence-electron chi connectivity index (χ4n) is 2.00. The van der Waals surface area contributed by atoms with Crippen LogP contribution in [0.5, 0.6) is 0 Å². The maximum absolute atomic E-state index is 11.9. The standard InChI is InChI=1S/C15H14N4OS/c16-9-11-1-3-12(4-2-11)18-14(20)10-21-15-17-7-8-19(15)13-5-6-13/h1-4,7-8,13H,5-6,10H2,(H,18,20). The van der Waals surface area contributed by atoms with E-state index in [0.717, 1.165) is 5.16 Å². The molecular formula is C15H14N4OS. The molecule has 5 nitrogen and oxygen atoms in total. The molecule has 0 atom stereocenters. The zero-order valence-corrected chi connectivity index (χ0v) is 12.1. The molecule has 0 radical (unpaired) electrons. The van der Waals surface area contributed by atoms with Crippen LogP contribution in [0.2, 0.25) is 0 Å². The molecule has 106 valence electrons. The molecule has 1 N–H and O–H groups in total. The van der Waals surface area contributed by atoms with Gasteiger partial charge in [-0.15, -0.1) is 0 Å². The maximum Gasteiger partial charge on any atom is 0.234 e. The minimum atomic E-state index is -0.0740. The van der Waals surface area contributed by atoms with Gasteiger partial charge in [0.2, 0.25) is 5.91 Å². The lowest BCUT2D eigenvalue weighted by Gasteiger charge is -2.06. The Morgan fingerprint density at radius 3 is 2.86 bits per heavy atom. The molecule has 1 aromatic carbocycles. The quantitative estimate of drug-likeness (QED) is 0.862. The van der Waals surface area contributed by atoms with Crippen molar-refractivity contribution >= 4 is 23.4 Å². The number of anilines is 1. The largest absolute Gasteiger partial charge is 0.325 e. The van der Waals surface area contributed by atoms with Crippen LogP contribution in [0, 0.1) is 11.3 Å². The van der Waals surface area contributed by atoms with Crippen molar-refractivity contribution in [3.8, 4) is 6.07 Å². The van der Waals surface area contributed by atoms with Gasteiger partial charge < -0.3 is 9.88 Å². The highest BCUT2D eigenvalue weighted by Gasteiger charge is 2.25. The van der Waals surface area contributed by atoms with E-state index < -0.39 is 0 Å². The lowest BCUT2D eigenvalue weighted by atomic mass is 10.2. The predicted octanol–water partition coefficient (Wildman–Crippen LogP) is 2.82. The summed E-state index contributed by atoms with van der Waals surface area (Å²) in [5.41, 5.74) is 1.28. The number of rotatable bonds is 5. The lowest BCUT2D eigenvalue weighted by molar-refractivity contribution is -0.113. The van der Waals surface area contributed by atoms with Crippen LogP contribution in [0.15, 0.2) is 41.8 Å². The number of imidazole rings is 1. The summed E-state index contributed by atoms with van der Waals surface area (Å²) in [5, 5.41) is 12.4. The third-order valence-corrected chi connectivity index (χ3v) is 4.18. The number of nitrogens with zero attached hydrogens (tertiary/aromatic N) is 3. The molecule has 0 bridgehead atoms. The monoisotopic (exact) mass is 298 g/mol. The fraction of sp³-hybridized carbons (Fsp3) is 0.267. The Morgan fingerprint density at radius 1 is 1.43 bits per heavy atom. The van der Waals surface area contributed by atoms with Gasteiger partial charge in [-0.3, -0.25) is 4.79 Å². The molecule has 1 fully saturated rings. The van der Waals surface area contributed by atoms with E-state index in [4.69, 9.17) is 5.26 Å². The summed E-state index contributed by atoms with van der Waals surface area (Å²) in [4.78, 5) is 16.2. The molecule has 0 aliphatic heterocycles. The number of aromatic nitrogens is 2. The number of amides is 1. The van der Waals surface area contributed by atoms with Gasteiger partial charge in [0.1, 0.15) is 0 Å². The van der Waals surface area contributed by atoms with Crippen LogP contribution >= 0.6 is 11.8 Å². The Balaban J connectivity index is 1.54. The molecule has 21 heavy (non-hydrogen) atoms. The Morgan fingerprint density at radius 2 is 2.19 bits per heavy atom. The van der Waals surface area contributed by atoms with Gasteiger partial charge in [0, 0.05) is 24.1 Å². The molecule has 2 aromatic rings. The van der Waals surface area contributed by atoms with E-state index in [2.05, 4.69) is 14.9 Å². The highest BCUT2D eigenvalue weighted by molar-refractivity contribution is 7.99. The summed E-state index contributed by atoms with van der Waals surface area (Å²) in [6, 6.07) is 9.44. The number of hydrogen-bond acceptors (Lipinski definition) is 4. The number of carbonyl (C=O) groups excluding carboxylic acids is 1. The average Bonchev–Trinajstić information content (AvgIpc) is 3.24. The fourth-order valence-corrected chi connectivity index (χ4v) is 2.82. The van der Waals surface area contributed by atoms with Crippen LogP contribution in [-0.2, 0) is 4.79 Å². The van der Waals surface area contributed by atoms with Crippen molar-refractivity contribution in [2.75, 3.05) is 11.1 Å². The minimum absolute atomic E-state index is 0.0740. The third kappa shape index (κ3) is 3.44. The predicted molar refractivity (Wildman–Crippen MR) is 81.0 cm³/mol. The van der Waals surface area contributed by atoms with Gasteiger partial charge in [-0.25, -0.2) is 4.98 Å². The highest BCUT2D eigenvalue weighted by atomic mass is 32.2. The maximum atomic E-state index is 11.9. The van der Waals surface area contributed by atoms with Crippen molar-refractivity contribution in [1.29, 1.82) is 5.26 Å². The first-order chi connectivity index (χ1) is 10.3. The Kier molecular flexibility index (Phi) is 3.93. The molecular weight excluding hydrogens is 284 g/mol. The molecule has 1 amide bonds. The first kappa shape index (κ1) is 13.7. The Hall–Kier alpha value is -2.26. The van der Waals surface area contributed by atoms with Gasteiger partial charge in [0.05, 0.1) is 17.4 Å². The van der Waals surface area contributed by atoms with Crippen LogP contribution < -0.4 is 5.32 Å². The van der Waals surface area contributed by atoms with Gasteiger partial charge >= 0.3 is 0 Å². The molecule has 0 saturated heterocycles. The van der Waals surface area contributed by atoms with Crippen LogP contribution in [0.4, 0.5) is 5.69 Å². The van der Waals surface area contributed by atoms with Crippen molar-refractivity contribution in [3.05, 3.63) is 42.2 Å². The van der Waals surface area contributed by atoms with Gasteiger partial charge in [0.15, 0.2) is 5.16 Å². The average molecular weight is 298 g/mol. The second-order valence-electron chi connectivity index (χ2n) is 4.87.